The number of likely N-dealkylation sites (tertiary alicyclic amines) is 1. The zero-order chi connectivity index (χ0) is 13.8. The third kappa shape index (κ3) is 3.35. The SMILES string of the molecule is CCc1nc(NC)c(C)c(OC2CCN(C)CC2)n1. The molecular weight excluding hydrogens is 240 g/mol. The molecular formula is C14H24N4O. The van der Waals surface area contributed by atoms with Gasteiger partial charge in [-0.15, -0.1) is 0 Å². The fourth-order valence-corrected chi connectivity index (χ4v) is 2.32. The summed E-state index contributed by atoms with van der Waals surface area (Å²) in [5.74, 6) is 2.44. The molecule has 0 aliphatic carbocycles. The Morgan fingerprint density at radius 3 is 2.58 bits per heavy atom. The topological polar surface area (TPSA) is 50.3 Å². The minimum atomic E-state index is 0.277. The second-order valence-corrected chi connectivity index (χ2v) is 5.14. The Morgan fingerprint density at radius 1 is 1.32 bits per heavy atom. The highest BCUT2D eigenvalue weighted by atomic mass is 16.5. The van der Waals surface area contributed by atoms with Crippen LogP contribution in [0.3, 0.4) is 0 Å². The number of piperidine rings is 1. The molecule has 1 aromatic heterocycles. The van der Waals surface area contributed by atoms with E-state index in [-0.39, 0.29) is 6.10 Å². The maximum absolute atomic E-state index is 6.10. The number of hydrogen-bond acceptors (Lipinski definition) is 5. The first-order chi connectivity index (χ1) is 9.13. The van der Waals surface area contributed by atoms with Crippen molar-refractivity contribution in [1.82, 2.24) is 14.9 Å². The fraction of sp³-hybridized carbons (Fsp3) is 0.714. The Bertz CT molecular complexity index is 428. The number of nitrogens with zero attached hydrogens (tertiary/aromatic N) is 3. The summed E-state index contributed by atoms with van der Waals surface area (Å²) >= 11 is 0. The van der Waals surface area contributed by atoms with Crippen LogP contribution in [0.25, 0.3) is 0 Å². The van der Waals surface area contributed by atoms with E-state index in [1.165, 1.54) is 0 Å². The molecule has 0 atom stereocenters. The monoisotopic (exact) mass is 264 g/mol. The largest absolute Gasteiger partial charge is 0.474 e. The summed E-state index contributed by atoms with van der Waals surface area (Å²) in [6, 6.07) is 0. The van der Waals surface area contributed by atoms with Crippen molar-refractivity contribution in [2.45, 2.75) is 39.2 Å². The van der Waals surface area contributed by atoms with Crippen LogP contribution in [0.2, 0.25) is 0 Å². The van der Waals surface area contributed by atoms with Gasteiger partial charge in [0.15, 0.2) is 0 Å². The average Bonchev–Trinajstić information content (AvgIpc) is 2.43. The zero-order valence-electron chi connectivity index (χ0n) is 12.4. The molecule has 0 spiro atoms. The van der Waals surface area contributed by atoms with Crippen LogP contribution in [0.15, 0.2) is 0 Å². The van der Waals surface area contributed by atoms with Crippen molar-refractivity contribution < 1.29 is 4.74 Å². The molecule has 1 aliphatic heterocycles. The van der Waals surface area contributed by atoms with E-state index in [4.69, 9.17) is 4.74 Å². The van der Waals surface area contributed by atoms with Gasteiger partial charge in [0.25, 0.3) is 0 Å². The summed E-state index contributed by atoms with van der Waals surface area (Å²) in [5.41, 5.74) is 0.999. The molecule has 2 rings (SSSR count). The predicted octanol–water partition coefficient (Wildman–Crippen LogP) is 1.86. The van der Waals surface area contributed by atoms with Crippen LogP contribution in [0.4, 0.5) is 5.82 Å². The lowest BCUT2D eigenvalue weighted by molar-refractivity contribution is 0.109. The number of hydrogen-bond donors (Lipinski definition) is 1. The molecule has 1 fully saturated rings. The highest BCUT2D eigenvalue weighted by molar-refractivity contribution is 5.48. The lowest BCUT2D eigenvalue weighted by atomic mass is 10.1. The van der Waals surface area contributed by atoms with Crippen LogP contribution in [-0.4, -0.2) is 48.2 Å². The van der Waals surface area contributed by atoms with E-state index in [0.717, 1.165) is 55.4 Å². The molecule has 1 aromatic rings. The maximum Gasteiger partial charge on any atom is 0.222 e. The number of anilines is 1. The molecule has 5 heteroatoms. The molecule has 1 N–H and O–H groups in total. The number of ether oxygens (including phenoxy) is 1. The normalized spacial score (nSPS) is 17.5. The molecule has 106 valence electrons. The van der Waals surface area contributed by atoms with Crippen LogP contribution in [-0.2, 0) is 6.42 Å². The minimum Gasteiger partial charge on any atom is -0.474 e. The van der Waals surface area contributed by atoms with Crippen LogP contribution in [0, 0.1) is 6.92 Å². The van der Waals surface area contributed by atoms with Crippen molar-refractivity contribution in [2.24, 2.45) is 0 Å². The van der Waals surface area contributed by atoms with Gasteiger partial charge in [-0.1, -0.05) is 6.92 Å². The summed E-state index contributed by atoms with van der Waals surface area (Å²) in [7, 11) is 4.04. The lowest BCUT2D eigenvalue weighted by Crippen LogP contribution is -2.36. The van der Waals surface area contributed by atoms with Crippen molar-refractivity contribution in [3.8, 4) is 5.88 Å². The Morgan fingerprint density at radius 2 is 2.00 bits per heavy atom. The van der Waals surface area contributed by atoms with Gasteiger partial charge in [0.1, 0.15) is 17.7 Å². The molecule has 0 amide bonds. The van der Waals surface area contributed by atoms with E-state index in [9.17, 15) is 0 Å². The Balaban J connectivity index is 2.14. The van der Waals surface area contributed by atoms with Gasteiger partial charge in [-0.3, -0.25) is 0 Å². The standard InChI is InChI=1S/C14H24N4O/c1-5-12-16-13(15-3)10(2)14(17-12)19-11-6-8-18(4)9-7-11/h11H,5-9H2,1-4H3,(H,15,16,17). The highest BCUT2D eigenvalue weighted by Crippen LogP contribution is 2.25. The molecule has 5 nitrogen and oxygen atoms in total. The summed E-state index contributed by atoms with van der Waals surface area (Å²) < 4.78 is 6.10. The van der Waals surface area contributed by atoms with Crippen LogP contribution < -0.4 is 10.1 Å². The number of rotatable bonds is 4. The molecule has 0 aromatic carbocycles. The quantitative estimate of drug-likeness (QED) is 0.899. The zero-order valence-corrected chi connectivity index (χ0v) is 12.4. The second kappa shape index (κ2) is 6.19. The average molecular weight is 264 g/mol. The van der Waals surface area contributed by atoms with Gasteiger partial charge in [-0.25, -0.2) is 4.98 Å². The van der Waals surface area contributed by atoms with Gasteiger partial charge in [-0.2, -0.15) is 4.98 Å². The molecule has 19 heavy (non-hydrogen) atoms. The van der Waals surface area contributed by atoms with Crippen LogP contribution >= 0.6 is 0 Å². The minimum absolute atomic E-state index is 0.277. The summed E-state index contributed by atoms with van der Waals surface area (Å²) in [6.07, 6.45) is 3.23. The first kappa shape index (κ1) is 14.1. The van der Waals surface area contributed by atoms with Crippen LogP contribution in [0.1, 0.15) is 31.2 Å². The molecule has 1 saturated heterocycles. The third-order valence-electron chi connectivity index (χ3n) is 3.64. The van der Waals surface area contributed by atoms with Crippen molar-refractivity contribution in [3.05, 3.63) is 11.4 Å². The lowest BCUT2D eigenvalue weighted by Gasteiger charge is -2.29. The van der Waals surface area contributed by atoms with Gasteiger partial charge in [-0.05, 0) is 26.8 Å². The predicted molar refractivity (Wildman–Crippen MR) is 76.8 cm³/mol. The number of nitrogens with one attached hydrogen (secondary N) is 1. The third-order valence-corrected chi connectivity index (χ3v) is 3.64. The van der Waals surface area contributed by atoms with Gasteiger partial charge < -0.3 is 15.0 Å². The summed E-state index contributed by atoms with van der Waals surface area (Å²) in [5, 5.41) is 3.12. The van der Waals surface area contributed by atoms with E-state index >= 15 is 0 Å². The van der Waals surface area contributed by atoms with E-state index < -0.39 is 0 Å². The van der Waals surface area contributed by atoms with Crippen molar-refractivity contribution in [1.29, 1.82) is 0 Å². The van der Waals surface area contributed by atoms with E-state index in [1.807, 2.05) is 14.0 Å². The van der Waals surface area contributed by atoms with Gasteiger partial charge >= 0.3 is 0 Å². The van der Waals surface area contributed by atoms with E-state index in [0.29, 0.717) is 0 Å². The first-order valence-electron chi connectivity index (χ1n) is 7.04. The number of aryl methyl sites for hydroxylation is 1. The first-order valence-corrected chi connectivity index (χ1v) is 7.04. The second-order valence-electron chi connectivity index (χ2n) is 5.14. The van der Waals surface area contributed by atoms with Crippen molar-refractivity contribution in [3.63, 3.8) is 0 Å². The van der Waals surface area contributed by atoms with E-state index in [1.54, 1.807) is 0 Å². The molecule has 0 radical (unpaired) electrons. The number of aromatic nitrogens is 2. The smallest absolute Gasteiger partial charge is 0.222 e. The Kier molecular flexibility index (Phi) is 4.58. The van der Waals surface area contributed by atoms with E-state index in [2.05, 4.69) is 34.2 Å². The van der Waals surface area contributed by atoms with Gasteiger partial charge in [0, 0.05) is 26.6 Å². The molecule has 2 heterocycles. The maximum atomic E-state index is 6.10. The molecule has 0 bridgehead atoms. The van der Waals surface area contributed by atoms with Gasteiger partial charge in [0.2, 0.25) is 5.88 Å². The van der Waals surface area contributed by atoms with Gasteiger partial charge in [0.05, 0.1) is 5.56 Å². The van der Waals surface area contributed by atoms with Crippen LogP contribution in [0.5, 0.6) is 5.88 Å². The highest BCUT2D eigenvalue weighted by Gasteiger charge is 2.20. The molecule has 1 aliphatic rings. The Labute approximate surface area is 115 Å². The Hall–Kier alpha value is -1.36. The molecule has 0 saturated carbocycles. The fourth-order valence-electron chi connectivity index (χ4n) is 2.32. The summed E-state index contributed by atoms with van der Waals surface area (Å²) in [4.78, 5) is 11.3. The van der Waals surface area contributed by atoms with Crippen molar-refractivity contribution >= 4 is 5.82 Å². The molecule has 0 unspecified atom stereocenters. The summed E-state index contributed by atoms with van der Waals surface area (Å²) in [6.45, 7) is 6.25. The van der Waals surface area contributed by atoms with Crippen molar-refractivity contribution in [2.75, 3.05) is 32.5 Å².